The van der Waals surface area contributed by atoms with E-state index in [9.17, 15) is 8.42 Å². The summed E-state index contributed by atoms with van der Waals surface area (Å²) in [7, 11) is -3.47. The molecule has 1 unspecified atom stereocenters. The lowest BCUT2D eigenvalue weighted by molar-refractivity contribution is 0.198. The topological polar surface area (TPSA) is 74.1 Å². The van der Waals surface area contributed by atoms with Gasteiger partial charge in [0.2, 0.25) is 0 Å². The third-order valence-corrected chi connectivity index (χ3v) is 4.80. The van der Waals surface area contributed by atoms with Crippen LogP contribution in [-0.4, -0.2) is 41.3 Å². The Hall–Kier alpha value is -1.09. The minimum absolute atomic E-state index is 0.371. The maximum Gasteiger partial charge on any atom is 0.264 e. The molecule has 0 spiro atoms. The van der Waals surface area contributed by atoms with Gasteiger partial charge in [-0.15, -0.1) is 5.10 Å². The molecule has 1 aliphatic heterocycles. The molecule has 0 fully saturated rings. The number of aromatic nitrogens is 3. The van der Waals surface area contributed by atoms with Gasteiger partial charge >= 0.3 is 0 Å². The number of hydrogen-bond donors (Lipinski definition) is 0. The fourth-order valence-corrected chi connectivity index (χ4v) is 3.75. The van der Waals surface area contributed by atoms with Crippen LogP contribution in [0.1, 0.15) is 0 Å². The molecule has 0 aliphatic carbocycles. The summed E-state index contributed by atoms with van der Waals surface area (Å²) in [4.78, 5) is 4.45. The van der Waals surface area contributed by atoms with Gasteiger partial charge < -0.3 is 0 Å². The lowest BCUT2D eigenvalue weighted by atomic mass is 10.2. The number of halogens is 1. The quantitative estimate of drug-likeness (QED) is 0.793. The number of fused-ring (bicyclic) bond motifs is 1. The highest BCUT2D eigenvalue weighted by molar-refractivity contribution is 7.99. The van der Waals surface area contributed by atoms with Gasteiger partial charge in [0.1, 0.15) is 6.10 Å². The predicted octanol–water partition coefficient (Wildman–Crippen LogP) is 2.05. The smallest absolute Gasteiger partial charge is 0.264 e. The molecule has 0 saturated heterocycles. The molecule has 1 atom stereocenters. The molecule has 9 heteroatoms. The summed E-state index contributed by atoms with van der Waals surface area (Å²) in [5.74, 6) is 1.13. The van der Waals surface area contributed by atoms with E-state index in [2.05, 4.69) is 10.1 Å². The molecule has 6 nitrogen and oxygen atoms in total. The van der Waals surface area contributed by atoms with Crippen LogP contribution < -0.4 is 0 Å². The van der Waals surface area contributed by atoms with Crippen LogP contribution in [0.25, 0.3) is 11.4 Å². The zero-order valence-corrected chi connectivity index (χ0v) is 13.5. The van der Waals surface area contributed by atoms with Gasteiger partial charge in [-0.25, -0.2) is 9.67 Å². The van der Waals surface area contributed by atoms with Crippen molar-refractivity contribution in [2.24, 2.45) is 0 Å². The second-order valence-electron chi connectivity index (χ2n) is 4.64. The second kappa shape index (κ2) is 5.60. The van der Waals surface area contributed by atoms with Crippen LogP contribution in [-0.2, 0) is 20.8 Å². The van der Waals surface area contributed by atoms with Gasteiger partial charge in [-0.05, 0) is 24.3 Å². The standard InChI is InChI=1S/C12H12ClN3O3S2/c1-21(17,18)19-10-6-16-12(20-7-10)14-11(15-16)8-2-4-9(13)5-3-8/h2-5,10H,6-7H2,1H3. The molecule has 112 valence electrons. The molecular formula is C12H12ClN3O3S2. The summed E-state index contributed by atoms with van der Waals surface area (Å²) in [5.41, 5.74) is 0.863. The number of thioether (sulfide) groups is 1. The molecule has 0 N–H and O–H groups in total. The van der Waals surface area contributed by atoms with Gasteiger partial charge in [-0.1, -0.05) is 23.4 Å². The zero-order valence-electron chi connectivity index (χ0n) is 11.1. The van der Waals surface area contributed by atoms with Crippen LogP contribution in [0.2, 0.25) is 5.02 Å². The van der Waals surface area contributed by atoms with Crippen molar-refractivity contribution in [2.45, 2.75) is 17.8 Å². The van der Waals surface area contributed by atoms with Crippen molar-refractivity contribution in [3.05, 3.63) is 29.3 Å². The predicted molar refractivity (Wildman–Crippen MR) is 80.9 cm³/mol. The fraction of sp³-hybridized carbons (Fsp3) is 0.333. The Labute approximate surface area is 131 Å². The van der Waals surface area contributed by atoms with Crippen LogP contribution in [0.5, 0.6) is 0 Å². The van der Waals surface area contributed by atoms with E-state index in [1.807, 2.05) is 12.1 Å². The summed E-state index contributed by atoms with van der Waals surface area (Å²) < 4.78 is 29.0. The van der Waals surface area contributed by atoms with E-state index in [4.69, 9.17) is 15.8 Å². The van der Waals surface area contributed by atoms with E-state index in [0.29, 0.717) is 23.1 Å². The SMILES string of the molecule is CS(=O)(=O)OC1CSc2nc(-c3ccc(Cl)cc3)nn2C1. The van der Waals surface area contributed by atoms with Gasteiger partial charge in [-0.2, -0.15) is 8.42 Å². The van der Waals surface area contributed by atoms with Gasteiger partial charge in [-0.3, -0.25) is 4.18 Å². The highest BCUT2D eigenvalue weighted by Gasteiger charge is 2.25. The third-order valence-electron chi connectivity index (χ3n) is 2.83. The maximum absolute atomic E-state index is 11.2. The monoisotopic (exact) mass is 345 g/mol. The largest absolute Gasteiger partial charge is 0.264 e. The number of nitrogens with zero attached hydrogens (tertiary/aromatic N) is 3. The maximum atomic E-state index is 11.2. The van der Waals surface area contributed by atoms with Crippen molar-refractivity contribution >= 4 is 33.5 Å². The molecule has 21 heavy (non-hydrogen) atoms. The molecule has 2 aromatic rings. The van der Waals surface area contributed by atoms with Crippen LogP contribution in [0.15, 0.2) is 29.4 Å². The zero-order chi connectivity index (χ0) is 15.0. The third kappa shape index (κ3) is 3.57. The first-order chi connectivity index (χ1) is 9.90. The molecule has 3 rings (SSSR count). The van der Waals surface area contributed by atoms with E-state index in [0.717, 1.165) is 17.0 Å². The molecule has 1 aliphatic rings. The number of hydrogen-bond acceptors (Lipinski definition) is 6. The molecule has 0 amide bonds. The summed E-state index contributed by atoms with van der Waals surface area (Å²) in [6, 6.07) is 7.25. The Morgan fingerprint density at radius 3 is 2.76 bits per heavy atom. The Morgan fingerprint density at radius 1 is 1.38 bits per heavy atom. The molecular weight excluding hydrogens is 334 g/mol. The van der Waals surface area contributed by atoms with E-state index < -0.39 is 16.2 Å². The Balaban J connectivity index is 1.83. The Kier molecular flexibility index (Phi) is 3.96. The van der Waals surface area contributed by atoms with Crippen LogP contribution in [0, 0.1) is 0 Å². The Bertz CT molecular complexity index is 759. The summed E-state index contributed by atoms with van der Waals surface area (Å²) in [5, 5.41) is 5.81. The van der Waals surface area contributed by atoms with Crippen molar-refractivity contribution in [1.82, 2.24) is 14.8 Å². The summed E-state index contributed by atoms with van der Waals surface area (Å²) >= 11 is 7.29. The first kappa shape index (κ1) is 14.8. The minimum Gasteiger partial charge on any atom is -0.264 e. The highest BCUT2D eigenvalue weighted by Crippen LogP contribution is 2.28. The van der Waals surface area contributed by atoms with E-state index in [-0.39, 0.29) is 0 Å². The van der Waals surface area contributed by atoms with E-state index in [1.54, 1.807) is 16.8 Å². The van der Waals surface area contributed by atoms with Gasteiger partial charge in [0.25, 0.3) is 10.1 Å². The average molecular weight is 346 g/mol. The summed E-state index contributed by atoms with van der Waals surface area (Å²) in [6.07, 6.45) is 0.630. The fourth-order valence-electron chi connectivity index (χ4n) is 1.99. The highest BCUT2D eigenvalue weighted by atomic mass is 35.5. The Morgan fingerprint density at radius 2 is 2.10 bits per heavy atom. The van der Waals surface area contributed by atoms with E-state index >= 15 is 0 Å². The lowest BCUT2D eigenvalue weighted by Gasteiger charge is -2.20. The molecule has 1 aromatic carbocycles. The van der Waals surface area contributed by atoms with Crippen molar-refractivity contribution in [1.29, 1.82) is 0 Å². The van der Waals surface area contributed by atoms with Gasteiger partial charge in [0.15, 0.2) is 11.0 Å². The van der Waals surface area contributed by atoms with Crippen molar-refractivity contribution in [3.8, 4) is 11.4 Å². The van der Waals surface area contributed by atoms with Crippen molar-refractivity contribution < 1.29 is 12.6 Å². The van der Waals surface area contributed by atoms with Crippen LogP contribution in [0.4, 0.5) is 0 Å². The average Bonchev–Trinajstić information content (AvgIpc) is 2.80. The molecule has 0 saturated carbocycles. The molecule has 0 bridgehead atoms. The minimum atomic E-state index is -3.47. The van der Waals surface area contributed by atoms with Gasteiger partial charge in [0, 0.05) is 16.3 Å². The van der Waals surface area contributed by atoms with Crippen LogP contribution >= 0.6 is 23.4 Å². The second-order valence-corrected chi connectivity index (χ2v) is 7.66. The molecule has 0 radical (unpaired) electrons. The van der Waals surface area contributed by atoms with Crippen molar-refractivity contribution in [2.75, 3.05) is 12.0 Å². The van der Waals surface area contributed by atoms with Crippen LogP contribution in [0.3, 0.4) is 0 Å². The molecule has 2 heterocycles. The lowest BCUT2D eigenvalue weighted by Crippen LogP contribution is -2.29. The normalized spacial score (nSPS) is 18.5. The number of rotatable bonds is 3. The van der Waals surface area contributed by atoms with E-state index in [1.165, 1.54) is 11.8 Å². The molecule has 1 aromatic heterocycles. The summed E-state index contributed by atoms with van der Waals surface area (Å²) in [6.45, 7) is 0.371. The van der Waals surface area contributed by atoms with Crippen molar-refractivity contribution in [3.63, 3.8) is 0 Å². The first-order valence-corrected chi connectivity index (χ1v) is 9.30. The first-order valence-electron chi connectivity index (χ1n) is 6.12. The van der Waals surface area contributed by atoms with Gasteiger partial charge in [0.05, 0.1) is 12.8 Å². The number of benzene rings is 1.